The SMILES string of the molecule is CCNCc1cc(F)c(N2CCOCC2C(N)=O)c(F)c1. The molecule has 0 radical (unpaired) electrons. The predicted molar refractivity (Wildman–Crippen MR) is 74.9 cm³/mol. The standard InChI is InChI=1S/C14H19F2N3O2/c1-2-18-7-9-5-10(15)13(11(16)6-9)19-3-4-21-8-12(19)14(17)20/h5-6,12,18H,2-4,7-8H2,1H3,(H2,17,20). The molecule has 1 aliphatic heterocycles. The highest BCUT2D eigenvalue weighted by Gasteiger charge is 2.31. The van der Waals surface area contributed by atoms with Gasteiger partial charge in [0, 0.05) is 13.1 Å². The van der Waals surface area contributed by atoms with Gasteiger partial charge in [-0.15, -0.1) is 0 Å². The third-order valence-electron chi connectivity index (χ3n) is 3.40. The number of morpholine rings is 1. The highest BCUT2D eigenvalue weighted by atomic mass is 19.1. The highest BCUT2D eigenvalue weighted by molar-refractivity contribution is 5.84. The molecule has 1 fully saturated rings. The fraction of sp³-hybridized carbons (Fsp3) is 0.500. The normalized spacial score (nSPS) is 18.8. The number of nitrogens with one attached hydrogen (secondary N) is 1. The molecule has 0 aliphatic carbocycles. The molecule has 0 spiro atoms. The van der Waals surface area contributed by atoms with Crippen molar-refractivity contribution < 1.29 is 18.3 Å². The van der Waals surface area contributed by atoms with E-state index in [0.29, 0.717) is 25.3 Å². The number of nitrogens with two attached hydrogens (primary N) is 1. The Morgan fingerprint density at radius 2 is 2.14 bits per heavy atom. The molecule has 1 saturated heterocycles. The minimum absolute atomic E-state index is 0.0351. The molecule has 2 rings (SSSR count). The maximum absolute atomic E-state index is 14.3. The first-order valence-electron chi connectivity index (χ1n) is 6.87. The van der Waals surface area contributed by atoms with Crippen LogP contribution in [-0.4, -0.2) is 38.3 Å². The van der Waals surface area contributed by atoms with Crippen molar-refractivity contribution in [3.8, 4) is 0 Å². The van der Waals surface area contributed by atoms with Crippen LogP contribution in [0.5, 0.6) is 0 Å². The second-order valence-electron chi connectivity index (χ2n) is 4.87. The summed E-state index contributed by atoms with van der Waals surface area (Å²) in [5.74, 6) is -2.06. The van der Waals surface area contributed by atoms with Crippen LogP contribution in [0.25, 0.3) is 0 Å². The van der Waals surface area contributed by atoms with E-state index >= 15 is 0 Å². The van der Waals surface area contributed by atoms with Gasteiger partial charge in [0.1, 0.15) is 23.4 Å². The fourth-order valence-corrected chi connectivity index (χ4v) is 2.37. The molecule has 3 N–H and O–H groups in total. The van der Waals surface area contributed by atoms with Crippen molar-refractivity contribution >= 4 is 11.6 Å². The number of hydrogen-bond donors (Lipinski definition) is 2. The summed E-state index contributed by atoms with van der Waals surface area (Å²) in [5.41, 5.74) is 5.57. The first-order chi connectivity index (χ1) is 10.0. The van der Waals surface area contributed by atoms with Gasteiger partial charge in [-0.2, -0.15) is 0 Å². The number of benzene rings is 1. The zero-order valence-corrected chi connectivity index (χ0v) is 11.9. The Labute approximate surface area is 122 Å². The van der Waals surface area contributed by atoms with Crippen LogP contribution < -0.4 is 16.0 Å². The van der Waals surface area contributed by atoms with Gasteiger partial charge >= 0.3 is 0 Å². The van der Waals surface area contributed by atoms with Gasteiger partial charge < -0.3 is 20.7 Å². The van der Waals surface area contributed by atoms with Crippen molar-refractivity contribution in [3.05, 3.63) is 29.3 Å². The van der Waals surface area contributed by atoms with Crippen molar-refractivity contribution in [2.45, 2.75) is 19.5 Å². The number of nitrogens with zero attached hydrogens (tertiary/aromatic N) is 1. The van der Waals surface area contributed by atoms with Crippen molar-refractivity contribution in [1.29, 1.82) is 0 Å². The van der Waals surface area contributed by atoms with Crippen LogP contribution in [0.15, 0.2) is 12.1 Å². The van der Waals surface area contributed by atoms with Crippen LogP contribution in [0, 0.1) is 11.6 Å². The molecule has 1 amide bonds. The van der Waals surface area contributed by atoms with E-state index in [1.54, 1.807) is 0 Å². The van der Waals surface area contributed by atoms with Crippen molar-refractivity contribution in [2.24, 2.45) is 5.73 Å². The minimum Gasteiger partial charge on any atom is -0.377 e. The van der Waals surface area contributed by atoms with Gasteiger partial charge in [-0.3, -0.25) is 4.79 Å². The number of hydrogen-bond acceptors (Lipinski definition) is 4. The molecule has 1 heterocycles. The Hall–Kier alpha value is -1.73. The lowest BCUT2D eigenvalue weighted by molar-refractivity contribution is -0.121. The van der Waals surface area contributed by atoms with E-state index in [1.165, 1.54) is 17.0 Å². The molecule has 1 unspecified atom stereocenters. The summed E-state index contributed by atoms with van der Waals surface area (Å²) in [7, 11) is 0. The molecule has 1 aliphatic rings. The molecule has 0 bridgehead atoms. The third-order valence-corrected chi connectivity index (χ3v) is 3.40. The Balaban J connectivity index is 2.31. The molecule has 1 atom stereocenters. The second-order valence-corrected chi connectivity index (χ2v) is 4.87. The van der Waals surface area contributed by atoms with Crippen molar-refractivity contribution in [1.82, 2.24) is 5.32 Å². The number of halogens is 2. The molecular formula is C14H19F2N3O2. The van der Waals surface area contributed by atoms with Gasteiger partial charge in [-0.1, -0.05) is 6.92 Å². The van der Waals surface area contributed by atoms with E-state index in [9.17, 15) is 13.6 Å². The second kappa shape index (κ2) is 6.82. The molecule has 1 aromatic rings. The predicted octanol–water partition coefficient (Wildman–Crippen LogP) is 0.765. The van der Waals surface area contributed by atoms with Crippen molar-refractivity contribution in [2.75, 3.05) is 31.2 Å². The largest absolute Gasteiger partial charge is 0.377 e. The first kappa shape index (κ1) is 15.7. The zero-order chi connectivity index (χ0) is 15.4. The molecule has 21 heavy (non-hydrogen) atoms. The van der Waals surface area contributed by atoms with Crippen LogP contribution in [0.4, 0.5) is 14.5 Å². The average molecular weight is 299 g/mol. The molecule has 0 aromatic heterocycles. The quantitative estimate of drug-likeness (QED) is 0.842. The summed E-state index contributed by atoms with van der Waals surface area (Å²) in [6, 6.07) is 1.69. The van der Waals surface area contributed by atoms with Crippen molar-refractivity contribution in [3.63, 3.8) is 0 Å². The van der Waals surface area contributed by atoms with E-state index in [4.69, 9.17) is 10.5 Å². The summed E-state index contributed by atoms with van der Waals surface area (Å²) >= 11 is 0. The molecule has 0 saturated carbocycles. The Bertz CT molecular complexity index is 502. The maximum atomic E-state index is 14.3. The highest BCUT2D eigenvalue weighted by Crippen LogP contribution is 2.28. The van der Waals surface area contributed by atoms with Gasteiger partial charge in [0.2, 0.25) is 5.91 Å². The van der Waals surface area contributed by atoms with Gasteiger partial charge in [-0.05, 0) is 24.2 Å². The number of amides is 1. The average Bonchev–Trinajstić information content (AvgIpc) is 2.44. The van der Waals surface area contributed by atoms with E-state index in [-0.39, 0.29) is 18.8 Å². The molecule has 7 heteroatoms. The maximum Gasteiger partial charge on any atom is 0.242 e. The molecule has 5 nitrogen and oxygen atoms in total. The van der Waals surface area contributed by atoms with Gasteiger partial charge in [0.05, 0.1) is 13.2 Å². The lowest BCUT2D eigenvalue weighted by Crippen LogP contribution is -2.53. The van der Waals surface area contributed by atoms with Crippen LogP contribution in [0.1, 0.15) is 12.5 Å². The van der Waals surface area contributed by atoms with E-state index in [1.807, 2.05) is 6.92 Å². The minimum atomic E-state index is -0.859. The molecule has 1 aromatic carbocycles. The monoisotopic (exact) mass is 299 g/mol. The van der Waals surface area contributed by atoms with E-state index < -0.39 is 23.6 Å². The summed E-state index contributed by atoms with van der Waals surface area (Å²) in [4.78, 5) is 12.8. The zero-order valence-electron chi connectivity index (χ0n) is 11.9. The van der Waals surface area contributed by atoms with E-state index in [2.05, 4.69) is 5.32 Å². The van der Waals surface area contributed by atoms with Crippen LogP contribution in [0.3, 0.4) is 0 Å². The summed E-state index contributed by atoms with van der Waals surface area (Å²) in [6.07, 6.45) is 0. The Kier molecular flexibility index (Phi) is 5.08. The number of anilines is 1. The topological polar surface area (TPSA) is 67.6 Å². The summed E-state index contributed by atoms with van der Waals surface area (Å²) in [6.45, 7) is 3.54. The molecular weight excluding hydrogens is 280 g/mol. The van der Waals surface area contributed by atoms with E-state index in [0.717, 1.165) is 0 Å². The number of ether oxygens (including phenoxy) is 1. The first-order valence-corrected chi connectivity index (χ1v) is 6.87. The summed E-state index contributed by atoms with van der Waals surface area (Å²) in [5, 5.41) is 3.00. The fourth-order valence-electron chi connectivity index (χ4n) is 2.37. The van der Waals surface area contributed by atoms with Gasteiger partial charge in [0.15, 0.2) is 0 Å². The van der Waals surface area contributed by atoms with Gasteiger partial charge in [0.25, 0.3) is 0 Å². The van der Waals surface area contributed by atoms with Crippen LogP contribution in [0.2, 0.25) is 0 Å². The number of rotatable bonds is 5. The summed E-state index contributed by atoms with van der Waals surface area (Å²) < 4.78 is 33.7. The van der Waals surface area contributed by atoms with Crippen LogP contribution >= 0.6 is 0 Å². The lowest BCUT2D eigenvalue weighted by atomic mass is 10.1. The third kappa shape index (κ3) is 3.48. The lowest BCUT2D eigenvalue weighted by Gasteiger charge is -2.35. The smallest absolute Gasteiger partial charge is 0.242 e. The molecule has 116 valence electrons. The van der Waals surface area contributed by atoms with Gasteiger partial charge in [-0.25, -0.2) is 8.78 Å². The number of carbonyl (C=O) groups excluding carboxylic acids is 1. The van der Waals surface area contributed by atoms with Crippen LogP contribution in [-0.2, 0) is 16.1 Å². The Morgan fingerprint density at radius 1 is 1.48 bits per heavy atom. The number of primary amides is 1. The number of carbonyl (C=O) groups is 1. The Morgan fingerprint density at radius 3 is 2.71 bits per heavy atom.